The Hall–Kier alpha value is -0.750. The van der Waals surface area contributed by atoms with E-state index in [1.165, 1.54) is 28.0 Å². The Morgan fingerprint density at radius 2 is 2.17 bits per heavy atom. The van der Waals surface area contributed by atoms with Crippen LogP contribution in [0.2, 0.25) is 0 Å². The third-order valence-electron chi connectivity index (χ3n) is 3.35. The summed E-state index contributed by atoms with van der Waals surface area (Å²) < 4.78 is 1.51. The van der Waals surface area contributed by atoms with E-state index < -0.39 is 0 Å². The van der Waals surface area contributed by atoms with E-state index in [1.54, 1.807) is 11.3 Å². The summed E-state index contributed by atoms with van der Waals surface area (Å²) in [6, 6.07) is 0. The van der Waals surface area contributed by atoms with Gasteiger partial charge in [-0.15, -0.1) is 16.4 Å². The van der Waals surface area contributed by atoms with E-state index in [-0.39, 0.29) is 5.56 Å². The summed E-state index contributed by atoms with van der Waals surface area (Å²) in [7, 11) is 0. The summed E-state index contributed by atoms with van der Waals surface area (Å²) in [4.78, 5) is 14.6. The van der Waals surface area contributed by atoms with Crippen molar-refractivity contribution in [2.45, 2.75) is 38.6 Å². The standard InChI is InChI=1S/C12H14BrN3OS/c13-6-3-7-16-12(17)10-8-4-1-2-5-9(8)18-11(10)14-15-16/h1-7H2. The minimum Gasteiger partial charge on any atom is -0.267 e. The molecule has 0 amide bonds. The lowest BCUT2D eigenvalue weighted by Gasteiger charge is -2.10. The predicted molar refractivity (Wildman–Crippen MR) is 76.7 cm³/mol. The summed E-state index contributed by atoms with van der Waals surface area (Å²) >= 11 is 5.02. The summed E-state index contributed by atoms with van der Waals surface area (Å²) in [5.74, 6) is 0. The minimum atomic E-state index is 0.0420. The normalized spacial score (nSPS) is 14.9. The van der Waals surface area contributed by atoms with Gasteiger partial charge in [-0.25, -0.2) is 4.68 Å². The van der Waals surface area contributed by atoms with Crippen LogP contribution < -0.4 is 5.56 Å². The quantitative estimate of drug-likeness (QED) is 0.814. The van der Waals surface area contributed by atoms with E-state index >= 15 is 0 Å². The lowest BCUT2D eigenvalue weighted by Crippen LogP contribution is -2.24. The molecule has 0 atom stereocenters. The molecule has 0 N–H and O–H groups in total. The average molecular weight is 328 g/mol. The Kier molecular flexibility index (Phi) is 3.48. The number of alkyl halides is 1. The summed E-state index contributed by atoms with van der Waals surface area (Å²) in [6.45, 7) is 0.637. The highest BCUT2D eigenvalue weighted by atomic mass is 79.9. The maximum Gasteiger partial charge on any atom is 0.278 e. The highest BCUT2D eigenvalue weighted by Gasteiger charge is 2.20. The molecule has 0 aromatic carbocycles. The van der Waals surface area contributed by atoms with Crippen molar-refractivity contribution in [3.05, 3.63) is 20.8 Å². The van der Waals surface area contributed by atoms with Gasteiger partial charge in [0.05, 0.1) is 5.39 Å². The Balaban J connectivity index is 2.15. The smallest absolute Gasteiger partial charge is 0.267 e. The van der Waals surface area contributed by atoms with Crippen LogP contribution in [0.3, 0.4) is 0 Å². The highest BCUT2D eigenvalue weighted by Crippen LogP contribution is 2.33. The Labute approximate surface area is 117 Å². The molecule has 0 bridgehead atoms. The van der Waals surface area contributed by atoms with Crippen molar-refractivity contribution in [3.8, 4) is 0 Å². The zero-order valence-electron chi connectivity index (χ0n) is 9.99. The molecule has 1 aliphatic carbocycles. The first-order valence-electron chi connectivity index (χ1n) is 6.25. The van der Waals surface area contributed by atoms with Crippen LogP contribution in [0.1, 0.15) is 29.7 Å². The number of rotatable bonds is 3. The monoisotopic (exact) mass is 327 g/mol. The summed E-state index contributed by atoms with van der Waals surface area (Å²) in [5, 5.41) is 9.96. The SMILES string of the molecule is O=c1c2c3c(sc2nnn1CCCBr)CCCC3. The molecule has 0 saturated heterocycles. The average Bonchev–Trinajstić information content (AvgIpc) is 2.77. The fraction of sp³-hybridized carbons (Fsp3) is 0.583. The molecule has 2 aromatic heterocycles. The third-order valence-corrected chi connectivity index (χ3v) is 5.08. The van der Waals surface area contributed by atoms with E-state index in [2.05, 4.69) is 26.2 Å². The molecule has 0 radical (unpaired) electrons. The predicted octanol–water partition coefficient (Wildman–Crippen LogP) is 2.52. The molecular formula is C12H14BrN3OS. The van der Waals surface area contributed by atoms with Crippen molar-refractivity contribution in [2.24, 2.45) is 0 Å². The number of aromatic nitrogens is 3. The van der Waals surface area contributed by atoms with Crippen LogP contribution in [0, 0.1) is 0 Å². The van der Waals surface area contributed by atoms with Crippen LogP contribution in [0.15, 0.2) is 4.79 Å². The van der Waals surface area contributed by atoms with Gasteiger partial charge in [-0.1, -0.05) is 21.1 Å². The fourth-order valence-electron chi connectivity index (χ4n) is 2.46. The van der Waals surface area contributed by atoms with E-state index in [1.807, 2.05) is 0 Å². The van der Waals surface area contributed by atoms with E-state index in [0.717, 1.165) is 34.8 Å². The largest absolute Gasteiger partial charge is 0.278 e. The van der Waals surface area contributed by atoms with Crippen molar-refractivity contribution in [1.82, 2.24) is 15.0 Å². The maximum absolute atomic E-state index is 12.4. The zero-order chi connectivity index (χ0) is 12.5. The molecule has 0 fully saturated rings. The Morgan fingerprint density at radius 1 is 1.33 bits per heavy atom. The first-order chi connectivity index (χ1) is 8.81. The molecule has 2 heterocycles. The van der Waals surface area contributed by atoms with Crippen molar-refractivity contribution in [2.75, 3.05) is 5.33 Å². The zero-order valence-corrected chi connectivity index (χ0v) is 12.4. The van der Waals surface area contributed by atoms with E-state index in [0.29, 0.717) is 6.54 Å². The van der Waals surface area contributed by atoms with Crippen molar-refractivity contribution < 1.29 is 0 Å². The Morgan fingerprint density at radius 3 is 3.00 bits per heavy atom. The number of hydrogen-bond acceptors (Lipinski definition) is 4. The van der Waals surface area contributed by atoms with Crippen molar-refractivity contribution in [3.63, 3.8) is 0 Å². The van der Waals surface area contributed by atoms with Gasteiger partial charge in [0.1, 0.15) is 0 Å². The number of hydrogen-bond donors (Lipinski definition) is 0. The maximum atomic E-state index is 12.4. The topological polar surface area (TPSA) is 47.8 Å². The van der Waals surface area contributed by atoms with Gasteiger partial charge in [0.2, 0.25) is 0 Å². The van der Waals surface area contributed by atoms with Gasteiger partial charge in [0, 0.05) is 16.8 Å². The van der Waals surface area contributed by atoms with Crippen LogP contribution in [-0.2, 0) is 19.4 Å². The molecule has 2 aromatic rings. The molecule has 3 rings (SSSR count). The summed E-state index contributed by atoms with van der Waals surface area (Å²) in [6.07, 6.45) is 5.42. The molecule has 0 saturated carbocycles. The van der Waals surface area contributed by atoms with E-state index in [9.17, 15) is 4.79 Å². The van der Waals surface area contributed by atoms with Gasteiger partial charge < -0.3 is 0 Å². The van der Waals surface area contributed by atoms with Gasteiger partial charge in [-0.2, -0.15) is 0 Å². The lowest BCUT2D eigenvalue weighted by atomic mass is 9.97. The van der Waals surface area contributed by atoms with Crippen LogP contribution in [0.25, 0.3) is 10.2 Å². The minimum absolute atomic E-state index is 0.0420. The van der Waals surface area contributed by atoms with Gasteiger partial charge in [-0.05, 0) is 37.7 Å². The molecule has 0 spiro atoms. The number of halogens is 1. The number of thiophene rings is 1. The van der Waals surface area contributed by atoms with Gasteiger partial charge >= 0.3 is 0 Å². The van der Waals surface area contributed by atoms with Crippen molar-refractivity contribution in [1.29, 1.82) is 0 Å². The first-order valence-corrected chi connectivity index (χ1v) is 8.19. The molecule has 4 nitrogen and oxygen atoms in total. The number of nitrogens with zero attached hydrogens (tertiary/aromatic N) is 3. The van der Waals surface area contributed by atoms with Gasteiger partial charge in [0.25, 0.3) is 5.56 Å². The van der Waals surface area contributed by atoms with Crippen LogP contribution in [0.4, 0.5) is 0 Å². The number of aryl methyl sites for hydroxylation is 3. The number of fused-ring (bicyclic) bond motifs is 3. The second-order valence-electron chi connectivity index (χ2n) is 4.55. The van der Waals surface area contributed by atoms with Crippen LogP contribution in [-0.4, -0.2) is 20.3 Å². The first kappa shape index (κ1) is 12.3. The molecular weight excluding hydrogens is 314 g/mol. The Bertz CT molecular complexity index is 634. The fourth-order valence-corrected chi connectivity index (χ4v) is 3.91. The van der Waals surface area contributed by atoms with Crippen LogP contribution >= 0.6 is 27.3 Å². The van der Waals surface area contributed by atoms with Gasteiger partial charge in [-0.3, -0.25) is 4.79 Å². The third kappa shape index (κ3) is 2.01. The lowest BCUT2D eigenvalue weighted by molar-refractivity contribution is 0.545. The second kappa shape index (κ2) is 5.09. The van der Waals surface area contributed by atoms with Crippen LogP contribution in [0.5, 0.6) is 0 Å². The second-order valence-corrected chi connectivity index (χ2v) is 6.43. The van der Waals surface area contributed by atoms with Crippen molar-refractivity contribution >= 4 is 37.5 Å². The molecule has 96 valence electrons. The molecule has 0 aliphatic heterocycles. The molecule has 6 heteroatoms. The molecule has 18 heavy (non-hydrogen) atoms. The molecule has 0 unspecified atom stereocenters. The highest BCUT2D eigenvalue weighted by molar-refractivity contribution is 9.09. The molecule has 1 aliphatic rings. The van der Waals surface area contributed by atoms with Gasteiger partial charge in [0.15, 0.2) is 4.83 Å². The summed E-state index contributed by atoms with van der Waals surface area (Å²) in [5.41, 5.74) is 1.29. The van der Waals surface area contributed by atoms with E-state index in [4.69, 9.17) is 0 Å².